The van der Waals surface area contributed by atoms with E-state index < -0.39 is 0 Å². The number of rotatable bonds is 6. The van der Waals surface area contributed by atoms with E-state index in [0.717, 1.165) is 20.9 Å². The van der Waals surface area contributed by atoms with Gasteiger partial charge in [-0.3, -0.25) is 9.59 Å². The smallest absolute Gasteiger partial charge is 0.275 e. The molecular weight excluding hydrogens is 446 g/mol. The number of carbonyl (C=O) groups excluding carboxylic acids is 1. The topological polar surface area (TPSA) is 73.2 Å². The number of carbonyl (C=O) groups is 1. The highest BCUT2D eigenvalue weighted by Gasteiger charge is 2.12. The zero-order chi connectivity index (χ0) is 22.7. The number of nitrogens with one attached hydrogen (secondary N) is 1. The molecule has 0 atom stereocenters. The van der Waals surface area contributed by atoms with Gasteiger partial charge < -0.3 is 10.1 Å². The van der Waals surface area contributed by atoms with Crippen molar-refractivity contribution in [3.8, 4) is 5.75 Å². The number of aromatic nitrogens is 2. The Balaban J connectivity index is 1.47. The summed E-state index contributed by atoms with van der Waals surface area (Å²) < 4.78 is 6.36. The van der Waals surface area contributed by atoms with Crippen molar-refractivity contribution in [2.45, 2.75) is 23.3 Å². The van der Waals surface area contributed by atoms with Crippen LogP contribution in [-0.4, -0.2) is 22.8 Å². The zero-order valence-corrected chi connectivity index (χ0v) is 19.0. The maximum absolute atomic E-state index is 12.7. The SMILES string of the molecule is COc1ccc(Sc2ccc(NC(=O)Cn3nc(C)c4ccccc4c3=O)cc2Cl)cc1. The van der Waals surface area contributed by atoms with Crippen LogP contribution in [0.15, 0.2) is 81.3 Å². The third-order valence-electron chi connectivity index (χ3n) is 4.85. The summed E-state index contributed by atoms with van der Waals surface area (Å²) in [6.07, 6.45) is 0. The first kappa shape index (κ1) is 21.9. The van der Waals surface area contributed by atoms with Crippen molar-refractivity contribution >= 4 is 45.7 Å². The van der Waals surface area contributed by atoms with Crippen LogP contribution in [0.3, 0.4) is 0 Å². The van der Waals surface area contributed by atoms with Crippen molar-refractivity contribution in [2.75, 3.05) is 12.4 Å². The Labute approximate surface area is 194 Å². The molecule has 1 heterocycles. The Morgan fingerprint density at radius 2 is 1.81 bits per heavy atom. The lowest BCUT2D eigenvalue weighted by Crippen LogP contribution is -2.30. The number of hydrogen-bond acceptors (Lipinski definition) is 5. The van der Waals surface area contributed by atoms with Crippen LogP contribution >= 0.6 is 23.4 Å². The molecule has 0 bridgehead atoms. The molecule has 0 radical (unpaired) electrons. The molecule has 32 heavy (non-hydrogen) atoms. The van der Waals surface area contributed by atoms with Crippen molar-refractivity contribution < 1.29 is 9.53 Å². The molecule has 0 spiro atoms. The molecule has 162 valence electrons. The molecule has 1 amide bonds. The summed E-state index contributed by atoms with van der Waals surface area (Å²) in [7, 11) is 1.62. The summed E-state index contributed by atoms with van der Waals surface area (Å²) in [5, 5.41) is 8.90. The summed E-state index contributed by atoms with van der Waals surface area (Å²) in [6, 6.07) is 20.2. The Bertz CT molecular complexity index is 1350. The summed E-state index contributed by atoms with van der Waals surface area (Å²) in [6.45, 7) is 1.62. The highest BCUT2D eigenvalue weighted by Crippen LogP contribution is 2.35. The number of amides is 1. The quantitative estimate of drug-likeness (QED) is 0.426. The van der Waals surface area contributed by atoms with Gasteiger partial charge in [-0.15, -0.1) is 0 Å². The molecule has 3 aromatic carbocycles. The molecule has 0 saturated heterocycles. The van der Waals surface area contributed by atoms with E-state index in [4.69, 9.17) is 16.3 Å². The molecular formula is C24H20ClN3O3S. The lowest BCUT2D eigenvalue weighted by Gasteiger charge is -2.11. The number of hydrogen-bond donors (Lipinski definition) is 1. The molecule has 1 N–H and O–H groups in total. The molecule has 8 heteroatoms. The Morgan fingerprint density at radius 3 is 2.50 bits per heavy atom. The lowest BCUT2D eigenvalue weighted by molar-refractivity contribution is -0.117. The number of benzene rings is 3. The predicted molar refractivity (Wildman–Crippen MR) is 128 cm³/mol. The van der Waals surface area contributed by atoms with Gasteiger partial charge in [0.2, 0.25) is 5.91 Å². The minimum atomic E-state index is -0.360. The molecule has 1 aromatic heterocycles. The fourth-order valence-corrected chi connectivity index (χ4v) is 4.40. The van der Waals surface area contributed by atoms with Crippen LogP contribution in [-0.2, 0) is 11.3 Å². The fourth-order valence-electron chi connectivity index (χ4n) is 3.28. The van der Waals surface area contributed by atoms with Gasteiger partial charge in [0, 0.05) is 20.9 Å². The normalized spacial score (nSPS) is 10.8. The van der Waals surface area contributed by atoms with E-state index in [0.29, 0.717) is 21.8 Å². The van der Waals surface area contributed by atoms with Crippen LogP contribution in [0.25, 0.3) is 10.8 Å². The van der Waals surface area contributed by atoms with Crippen molar-refractivity contribution in [2.24, 2.45) is 0 Å². The van der Waals surface area contributed by atoms with Gasteiger partial charge in [0.1, 0.15) is 12.3 Å². The second-order valence-electron chi connectivity index (χ2n) is 7.06. The third kappa shape index (κ3) is 4.79. The van der Waals surface area contributed by atoms with Gasteiger partial charge in [-0.1, -0.05) is 41.6 Å². The number of halogens is 1. The zero-order valence-electron chi connectivity index (χ0n) is 17.5. The van der Waals surface area contributed by atoms with Gasteiger partial charge >= 0.3 is 0 Å². The first-order valence-corrected chi connectivity index (χ1v) is 11.0. The van der Waals surface area contributed by atoms with Crippen LogP contribution in [0.5, 0.6) is 5.75 Å². The van der Waals surface area contributed by atoms with Gasteiger partial charge in [-0.25, -0.2) is 4.68 Å². The number of ether oxygens (including phenoxy) is 1. The third-order valence-corrected chi connectivity index (χ3v) is 6.36. The van der Waals surface area contributed by atoms with E-state index in [2.05, 4.69) is 10.4 Å². The average Bonchev–Trinajstić information content (AvgIpc) is 2.79. The van der Waals surface area contributed by atoms with Crippen molar-refractivity contribution in [3.05, 3.63) is 87.8 Å². The van der Waals surface area contributed by atoms with Gasteiger partial charge in [0.25, 0.3) is 5.56 Å². The van der Waals surface area contributed by atoms with Gasteiger partial charge in [0.05, 0.1) is 23.2 Å². The Hall–Kier alpha value is -3.29. The van der Waals surface area contributed by atoms with Crippen molar-refractivity contribution in [1.82, 2.24) is 9.78 Å². The van der Waals surface area contributed by atoms with Gasteiger partial charge in [-0.05, 0) is 55.5 Å². The standard InChI is InChI=1S/C24H20ClN3O3S/c1-15-19-5-3-4-6-20(19)24(30)28(27-15)14-23(29)26-16-7-12-22(21(25)13-16)32-18-10-8-17(31-2)9-11-18/h3-13H,14H2,1-2H3,(H,26,29). The van der Waals surface area contributed by atoms with E-state index in [-0.39, 0.29) is 18.0 Å². The van der Waals surface area contributed by atoms with Crippen LogP contribution in [0, 0.1) is 6.92 Å². The van der Waals surface area contributed by atoms with Crippen molar-refractivity contribution in [1.29, 1.82) is 0 Å². The highest BCUT2D eigenvalue weighted by atomic mass is 35.5. The van der Waals surface area contributed by atoms with Crippen LogP contribution in [0.1, 0.15) is 5.69 Å². The summed E-state index contributed by atoms with van der Waals surface area (Å²) in [4.78, 5) is 27.1. The number of nitrogens with zero attached hydrogens (tertiary/aromatic N) is 2. The van der Waals surface area contributed by atoms with Crippen LogP contribution < -0.4 is 15.6 Å². The first-order chi connectivity index (χ1) is 15.4. The van der Waals surface area contributed by atoms with Gasteiger partial charge in [-0.2, -0.15) is 5.10 Å². The molecule has 0 fully saturated rings. The molecule has 6 nitrogen and oxygen atoms in total. The molecule has 0 saturated carbocycles. The van der Waals surface area contributed by atoms with E-state index >= 15 is 0 Å². The minimum absolute atomic E-state index is 0.190. The molecule has 4 rings (SSSR count). The number of aryl methyl sites for hydroxylation is 1. The van der Waals surface area contributed by atoms with E-state index in [1.54, 1.807) is 31.4 Å². The number of methoxy groups -OCH3 is 1. The monoisotopic (exact) mass is 465 g/mol. The molecule has 0 aliphatic heterocycles. The molecule has 0 unspecified atom stereocenters. The predicted octanol–water partition coefficient (Wildman–Crippen LogP) is 5.16. The lowest BCUT2D eigenvalue weighted by atomic mass is 10.1. The highest BCUT2D eigenvalue weighted by molar-refractivity contribution is 7.99. The van der Waals surface area contributed by atoms with E-state index in [9.17, 15) is 9.59 Å². The second-order valence-corrected chi connectivity index (χ2v) is 8.59. The first-order valence-electron chi connectivity index (χ1n) is 9.82. The average molecular weight is 466 g/mol. The molecule has 0 aliphatic carbocycles. The van der Waals surface area contributed by atoms with Gasteiger partial charge in [0.15, 0.2) is 0 Å². The summed E-state index contributed by atoms with van der Waals surface area (Å²) in [5.41, 5.74) is 0.936. The minimum Gasteiger partial charge on any atom is -0.497 e. The van der Waals surface area contributed by atoms with E-state index in [1.165, 1.54) is 16.4 Å². The molecule has 4 aromatic rings. The number of fused-ring (bicyclic) bond motifs is 1. The fraction of sp³-hybridized carbons (Fsp3) is 0.125. The largest absolute Gasteiger partial charge is 0.497 e. The van der Waals surface area contributed by atoms with Crippen LogP contribution in [0.2, 0.25) is 5.02 Å². The number of anilines is 1. The van der Waals surface area contributed by atoms with E-state index in [1.807, 2.05) is 49.4 Å². The second kappa shape index (κ2) is 9.46. The van der Waals surface area contributed by atoms with Crippen LogP contribution in [0.4, 0.5) is 5.69 Å². The molecule has 0 aliphatic rings. The maximum Gasteiger partial charge on any atom is 0.275 e. The van der Waals surface area contributed by atoms with Crippen molar-refractivity contribution in [3.63, 3.8) is 0 Å². The summed E-state index contributed by atoms with van der Waals surface area (Å²) in [5.74, 6) is 0.426. The Morgan fingerprint density at radius 1 is 1.09 bits per heavy atom. The Kier molecular flexibility index (Phi) is 6.48. The maximum atomic E-state index is 12.7. The summed E-state index contributed by atoms with van der Waals surface area (Å²) >= 11 is 7.94.